The number of nitrogens with one attached hydrogen (secondary N) is 1. The van der Waals surface area contributed by atoms with Gasteiger partial charge in [0.2, 0.25) is 0 Å². The smallest absolute Gasteiger partial charge is 0.108 e. The summed E-state index contributed by atoms with van der Waals surface area (Å²) in [7, 11) is 3.90. The molecule has 0 aromatic carbocycles. The van der Waals surface area contributed by atoms with Crippen LogP contribution in [0.3, 0.4) is 0 Å². The van der Waals surface area contributed by atoms with Gasteiger partial charge in [0.25, 0.3) is 0 Å². The first-order chi connectivity index (χ1) is 8.76. The molecule has 1 heterocycles. The maximum Gasteiger partial charge on any atom is 0.108 e. The highest BCUT2D eigenvalue weighted by Gasteiger charge is 2.36. The molecule has 1 fully saturated rings. The van der Waals surface area contributed by atoms with Crippen LogP contribution in [0.2, 0.25) is 0 Å². The molecule has 1 aliphatic carbocycles. The SMILES string of the molecule is CCNC(CCc1nccn1C)C(OC)C1CC1. The minimum atomic E-state index is 0.366. The standard InChI is InChI=1S/C14H25N3O/c1-4-15-12(14(18-3)11-5-6-11)7-8-13-16-9-10-17(13)2/h9-12,14-15H,4-8H2,1-3H3. The predicted octanol–water partition coefficient (Wildman–Crippen LogP) is 1.76. The average Bonchev–Trinajstić information content (AvgIpc) is 3.11. The molecule has 1 N–H and O–H groups in total. The van der Waals surface area contributed by atoms with Gasteiger partial charge in [-0.3, -0.25) is 0 Å². The Morgan fingerprint density at radius 3 is 2.83 bits per heavy atom. The fourth-order valence-corrected chi connectivity index (χ4v) is 2.68. The molecule has 1 aromatic rings. The van der Waals surface area contributed by atoms with Gasteiger partial charge in [-0.2, -0.15) is 0 Å². The van der Waals surface area contributed by atoms with Crippen LogP contribution in [-0.4, -0.2) is 35.4 Å². The highest BCUT2D eigenvalue weighted by Crippen LogP contribution is 2.36. The summed E-state index contributed by atoms with van der Waals surface area (Å²) in [6.45, 7) is 3.16. The van der Waals surface area contributed by atoms with Gasteiger partial charge < -0.3 is 14.6 Å². The second-order valence-electron chi connectivity index (χ2n) is 5.19. The summed E-state index contributed by atoms with van der Waals surface area (Å²) < 4.78 is 7.80. The first-order valence-corrected chi connectivity index (χ1v) is 6.98. The number of hydrogen-bond acceptors (Lipinski definition) is 3. The summed E-state index contributed by atoms with van der Waals surface area (Å²) in [5.74, 6) is 1.92. The molecule has 2 rings (SSSR count). The van der Waals surface area contributed by atoms with Crippen LogP contribution >= 0.6 is 0 Å². The third-order valence-electron chi connectivity index (χ3n) is 3.82. The van der Waals surface area contributed by atoms with Crippen molar-refractivity contribution in [2.75, 3.05) is 13.7 Å². The van der Waals surface area contributed by atoms with Gasteiger partial charge in [-0.1, -0.05) is 6.92 Å². The van der Waals surface area contributed by atoms with Crippen LogP contribution in [0.15, 0.2) is 12.4 Å². The van der Waals surface area contributed by atoms with E-state index >= 15 is 0 Å². The molecular weight excluding hydrogens is 226 g/mol. The summed E-state index contributed by atoms with van der Waals surface area (Å²) in [6, 6.07) is 0.448. The van der Waals surface area contributed by atoms with Crippen molar-refractivity contribution in [2.24, 2.45) is 13.0 Å². The van der Waals surface area contributed by atoms with Crippen molar-refractivity contribution in [3.63, 3.8) is 0 Å². The Morgan fingerprint density at radius 1 is 1.56 bits per heavy atom. The van der Waals surface area contributed by atoms with Crippen LogP contribution in [0.5, 0.6) is 0 Å². The Morgan fingerprint density at radius 2 is 2.33 bits per heavy atom. The number of rotatable bonds is 8. The molecule has 1 aliphatic rings. The number of methoxy groups -OCH3 is 1. The van der Waals surface area contributed by atoms with E-state index in [0.29, 0.717) is 12.1 Å². The second kappa shape index (κ2) is 6.34. The molecule has 4 heteroatoms. The quantitative estimate of drug-likeness (QED) is 0.765. The minimum Gasteiger partial charge on any atom is -0.380 e. The molecule has 2 atom stereocenters. The minimum absolute atomic E-state index is 0.366. The van der Waals surface area contributed by atoms with E-state index in [9.17, 15) is 0 Å². The summed E-state index contributed by atoms with van der Waals surface area (Å²) >= 11 is 0. The topological polar surface area (TPSA) is 39.1 Å². The Bertz CT molecular complexity index is 360. The molecule has 0 saturated heterocycles. The van der Waals surface area contributed by atoms with Gasteiger partial charge in [-0.15, -0.1) is 0 Å². The van der Waals surface area contributed by atoms with Crippen molar-refractivity contribution in [1.29, 1.82) is 0 Å². The van der Waals surface area contributed by atoms with Crippen LogP contribution in [-0.2, 0) is 18.2 Å². The molecule has 0 radical (unpaired) electrons. The summed E-state index contributed by atoms with van der Waals surface area (Å²) in [5.41, 5.74) is 0. The first-order valence-electron chi connectivity index (χ1n) is 6.98. The Balaban J connectivity index is 1.91. The number of likely N-dealkylation sites (N-methyl/N-ethyl adjacent to an activating group) is 1. The van der Waals surface area contributed by atoms with Gasteiger partial charge >= 0.3 is 0 Å². The van der Waals surface area contributed by atoms with Crippen LogP contribution in [0, 0.1) is 5.92 Å². The van der Waals surface area contributed by atoms with Gasteiger partial charge in [0, 0.05) is 39.0 Å². The van der Waals surface area contributed by atoms with Gasteiger partial charge in [-0.05, 0) is 31.7 Å². The Hall–Kier alpha value is -0.870. The van der Waals surface area contributed by atoms with Crippen LogP contribution < -0.4 is 5.32 Å². The van der Waals surface area contributed by atoms with Crippen molar-refractivity contribution in [1.82, 2.24) is 14.9 Å². The lowest BCUT2D eigenvalue weighted by molar-refractivity contribution is 0.0488. The highest BCUT2D eigenvalue weighted by molar-refractivity contribution is 4.95. The molecular formula is C14H25N3O. The molecule has 1 saturated carbocycles. The maximum absolute atomic E-state index is 5.70. The first kappa shape index (κ1) is 13.6. The zero-order valence-corrected chi connectivity index (χ0v) is 11.7. The van der Waals surface area contributed by atoms with Crippen molar-refractivity contribution >= 4 is 0 Å². The van der Waals surface area contributed by atoms with Gasteiger partial charge in [0.1, 0.15) is 5.82 Å². The van der Waals surface area contributed by atoms with E-state index in [1.807, 2.05) is 19.5 Å². The van der Waals surface area contributed by atoms with Gasteiger partial charge in [0.15, 0.2) is 0 Å². The maximum atomic E-state index is 5.70. The van der Waals surface area contributed by atoms with Crippen molar-refractivity contribution < 1.29 is 4.74 Å². The van der Waals surface area contributed by atoms with E-state index in [0.717, 1.165) is 31.1 Å². The molecule has 0 amide bonds. The predicted molar refractivity (Wildman–Crippen MR) is 72.5 cm³/mol. The Labute approximate surface area is 110 Å². The lowest BCUT2D eigenvalue weighted by Gasteiger charge is -2.26. The highest BCUT2D eigenvalue weighted by atomic mass is 16.5. The van der Waals surface area contributed by atoms with Crippen molar-refractivity contribution in [2.45, 2.75) is 44.8 Å². The summed E-state index contributed by atoms with van der Waals surface area (Å²) in [4.78, 5) is 4.39. The molecule has 0 aliphatic heterocycles. The number of aromatic nitrogens is 2. The van der Waals surface area contributed by atoms with E-state index in [2.05, 4.69) is 28.8 Å². The second-order valence-corrected chi connectivity index (χ2v) is 5.19. The lowest BCUT2D eigenvalue weighted by Crippen LogP contribution is -2.42. The molecule has 0 bridgehead atoms. The van der Waals surface area contributed by atoms with E-state index in [-0.39, 0.29) is 0 Å². The van der Waals surface area contributed by atoms with Crippen LogP contribution in [0.25, 0.3) is 0 Å². The third-order valence-corrected chi connectivity index (χ3v) is 3.82. The monoisotopic (exact) mass is 251 g/mol. The van der Waals surface area contributed by atoms with Crippen LogP contribution in [0.4, 0.5) is 0 Å². The number of imidazole rings is 1. The fourth-order valence-electron chi connectivity index (χ4n) is 2.68. The van der Waals surface area contributed by atoms with E-state index in [1.54, 1.807) is 0 Å². The summed E-state index contributed by atoms with van der Waals surface area (Å²) in [5, 5.41) is 3.57. The number of nitrogens with zero attached hydrogens (tertiary/aromatic N) is 2. The fraction of sp³-hybridized carbons (Fsp3) is 0.786. The zero-order chi connectivity index (χ0) is 13.0. The van der Waals surface area contributed by atoms with Crippen molar-refractivity contribution in [3.8, 4) is 0 Å². The Kier molecular flexibility index (Phi) is 4.78. The summed E-state index contributed by atoms with van der Waals surface area (Å²) in [6.07, 6.45) is 8.98. The third kappa shape index (κ3) is 3.33. The average molecular weight is 251 g/mol. The molecule has 0 spiro atoms. The largest absolute Gasteiger partial charge is 0.380 e. The van der Waals surface area contributed by atoms with E-state index in [1.165, 1.54) is 12.8 Å². The van der Waals surface area contributed by atoms with E-state index in [4.69, 9.17) is 4.74 Å². The lowest BCUT2D eigenvalue weighted by atomic mass is 10.0. The molecule has 2 unspecified atom stereocenters. The van der Waals surface area contributed by atoms with Gasteiger partial charge in [-0.25, -0.2) is 4.98 Å². The molecule has 1 aromatic heterocycles. The van der Waals surface area contributed by atoms with Crippen molar-refractivity contribution in [3.05, 3.63) is 18.2 Å². The number of aryl methyl sites for hydroxylation is 2. The van der Waals surface area contributed by atoms with Gasteiger partial charge in [0.05, 0.1) is 6.10 Å². The van der Waals surface area contributed by atoms with Crippen LogP contribution in [0.1, 0.15) is 32.0 Å². The normalized spacial score (nSPS) is 18.8. The molecule has 102 valence electrons. The molecule has 18 heavy (non-hydrogen) atoms. The molecule has 4 nitrogen and oxygen atoms in total. The number of hydrogen-bond donors (Lipinski definition) is 1. The number of ether oxygens (including phenoxy) is 1. The van der Waals surface area contributed by atoms with E-state index < -0.39 is 0 Å². The zero-order valence-electron chi connectivity index (χ0n) is 11.7.